The van der Waals surface area contributed by atoms with Crippen LogP contribution in [0.25, 0.3) is 0 Å². The van der Waals surface area contributed by atoms with Gasteiger partial charge in [0.05, 0.1) is 15.6 Å². The lowest BCUT2D eigenvalue weighted by Gasteiger charge is -2.25. The highest BCUT2D eigenvalue weighted by Crippen LogP contribution is 2.32. The Kier molecular flexibility index (Phi) is 8.40. The number of benzene rings is 2. The van der Waals surface area contributed by atoms with Crippen LogP contribution < -0.4 is 16.0 Å². The largest absolute Gasteiger partial charge is 0.421 e. The molecule has 0 aromatic heterocycles. The van der Waals surface area contributed by atoms with Gasteiger partial charge < -0.3 is 10.1 Å². The average molecular weight is 540 g/mol. The van der Waals surface area contributed by atoms with Crippen LogP contribution in [0.4, 0.5) is 34.1 Å². The number of anilines is 2. The van der Waals surface area contributed by atoms with Gasteiger partial charge in [-0.3, -0.25) is 10.6 Å². The molecule has 168 valence electrons. The van der Waals surface area contributed by atoms with Crippen molar-refractivity contribution < 1.29 is 27.5 Å². The Balaban J connectivity index is 2.05. The van der Waals surface area contributed by atoms with Gasteiger partial charge in [0, 0.05) is 11.4 Å². The van der Waals surface area contributed by atoms with Crippen molar-refractivity contribution in [1.82, 2.24) is 5.32 Å². The smallest absolute Gasteiger partial charge is 0.416 e. The van der Waals surface area contributed by atoms with E-state index in [2.05, 4.69) is 10.6 Å². The molecule has 0 spiro atoms. The van der Waals surface area contributed by atoms with Crippen molar-refractivity contribution in [3.8, 4) is 0 Å². The molecule has 3 N–H and O–H groups in total. The van der Waals surface area contributed by atoms with Crippen LogP contribution in [0.15, 0.2) is 42.5 Å². The van der Waals surface area contributed by atoms with Crippen molar-refractivity contribution in [3.63, 3.8) is 0 Å². The molecule has 2 aromatic carbocycles. The number of amides is 3. The molecule has 0 bridgehead atoms. The van der Waals surface area contributed by atoms with Crippen LogP contribution in [-0.4, -0.2) is 22.1 Å². The van der Waals surface area contributed by atoms with E-state index in [1.807, 2.05) is 5.32 Å². The zero-order valence-corrected chi connectivity index (χ0v) is 18.6. The highest BCUT2D eigenvalue weighted by atomic mass is 35.6. The van der Waals surface area contributed by atoms with Crippen LogP contribution in [0, 0.1) is 0 Å². The predicted molar refractivity (Wildman–Crippen MR) is 114 cm³/mol. The van der Waals surface area contributed by atoms with Crippen LogP contribution >= 0.6 is 58.0 Å². The molecule has 3 amide bonds. The van der Waals surface area contributed by atoms with Crippen molar-refractivity contribution >= 4 is 81.5 Å². The Labute approximate surface area is 198 Å². The number of hydrogen-bond acceptors (Lipinski definition) is 3. The number of ether oxygens (including phenoxy) is 1. The first kappa shape index (κ1) is 25.5. The van der Waals surface area contributed by atoms with Crippen molar-refractivity contribution in [2.45, 2.75) is 16.2 Å². The summed E-state index contributed by atoms with van der Waals surface area (Å²) in [6, 6.07) is 6.86. The standard InChI is InChI=1S/C17H11Cl5F3N3O3/c18-11-5-4-10(7-12(11)19)27-15(30)31-13(16(20,21)22)28-14(29)26-9-3-1-2-8(6-9)17(23,24)25/h1-7,13H,(H,27,30)(H2,26,28,29)/t13-/m0/s1. The van der Waals surface area contributed by atoms with E-state index in [9.17, 15) is 22.8 Å². The van der Waals surface area contributed by atoms with Gasteiger partial charge in [-0.2, -0.15) is 13.2 Å². The van der Waals surface area contributed by atoms with E-state index >= 15 is 0 Å². The maximum absolute atomic E-state index is 12.8. The number of nitrogens with one attached hydrogen (secondary N) is 3. The molecule has 0 aliphatic carbocycles. The third-order valence-electron chi connectivity index (χ3n) is 3.40. The Bertz CT molecular complexity index is 970. The zero-order chi connectivity index (χ0) is 23.4. The van der Waals surface area contributed by atoms with E-state index in [1.54, 1.807) is 0 Å². The summed E-state index contributed by atoms with van der Waals surface area (Å²) in [5.74, 6) is 0. The second-order valence-electron chi connectivity index (χ2n) is 5.76. The van der Waals surface area contributed by atoms with Crippen LogP contribution in [0.2, 0.25) is 10.0 Å². The lowest BCUT2D eigenvalue weighted by molar-refractivity contribution is -0.137. The van der Waals surface area contributed by atoms with Gasteiger partial charge in [-0.1, -0.05) is 64.1 Å². The quantitative estimate of drug-likeness (QED) is 0.287. The van der Waals surface area contributed by atoms with Crippen LogP contribution in [0.1, 0.15) is 5.56 Å². The molecule has 0 fully saturated rings. The molecule has 0 unspecified atom stereocenters. The maximum Gasteiger partial charge on any atom is 0.416 e. The summed E-state index contributed by atoms with van der Waals surface area (Å²) in [6.07, 6.45) is -7.56. The third kappa shape index (κ3) is 8.01. The summed E-state index contributed by atoms with van der Waals surface area (Å²) in [5, 5.41) is 6.84. The van der Waals surface area contributed by atoms with Gasteiger partial charge in [0.15, 0.2) is 0 Å². The number of carbonyl (C=O) groups is 2. The van der Waals surface area contributed by atoms with Gasteiger partial charge in [0.2, 0.25) is 10.0 Å². The third-order valence-corrected chi connectivity index (χ3v) is 4.73. The molecule has 0 aliphatic rings. The summed E-state index contributed by atoms with van der Waals surface area (Å²) in [4.78, 5) is 24.2. The molecular weight excluding hydrogens is 528 g/mol. The molecule has 0 heterocycles. The molecule has 0 radical (unpaired) electrons. The molecule has 1 atom stereocenters. The molecule has 2 rings (SSSR count). The predicted octanol–water partition coefficient (Wildman–Crippen LogP) is 7.08. The fraction of sp³-hybridized carbons (Fsp3) is 0.176. The summed E-state index contributed by atoms with van der Waals surface area (Å²) >= 11 is 28.8. The Morgan fingerprint density at radius 3 is 2.13 bits per heavy atom. The van der Waals surface area contributed by atoms with E-state index in [1.165, 1.54) is 24.3 Å². The lowest BCUT2D eigenvalue weighted by Crippen LogP contribution is -2.49. The molecule has 0 aliphatic heterocycles. The van der Waals surface area contributed by atoms with Gasteiger partial charge in [0.1, 0.15) is 0 Å². The first-order chi connectivity index (χ1) is 14.3. The van der Waals surface area contributed by atoms with Crippen molar-refractivity contribution in [1.29, 1.82) is 0 Å². The molecule has 31 heavy (non-hydrogen) atoms. The fourth-order valence-electron chi connectivity index (χ4n) is 2.07. The van der Waals surface area contributed by atoms with E-state index < -0.39 is 33.9 Å². The fourth-order valence-corrected chi connectivity index (χ4v) is 2.66. The number of alkyl halides is 6. The maximum atomic E-state index is 12.8. The number of rotatable bonds is 4. The van der Waals surface area contributed by atoms with Crippen molar-refractivity contribution in [3.05, 3.63) is 58.1 Å². The molecular formula is C17H11Cl5F3N3O3. The minimum absolute atomic E-state index is 0.149. The molecule has 0 saturated heterocycles. The normalized spacial score (nSPS) is 12.6. The van der Waals surface area contributed by atoms with Crippen molar-refractivity contribution in [2.24, 2.45) is 0 Å². The minimum atomic E-state index is -4.61. The lowest BCUT2D eigenvalue weighted by atomic mass is 10.2. The Morgan fingerprint density at radius 2 is 1.55 bits per heavy atom. The molecule has 14 heteroatoms. The first-order valence-electron chi connectivity index (χ1n) is 8.00. The summed E-state index contributed by atoms with van der Waals surface area (Å²) in [6.45, 7) is 0. The van der Waals surface area contributed by atoms with Gasteiger partial charge in [-0.25, -0.2) is 9.59 Å². The zero-order valence-electron chi connectivity index (χ0n) is 14.9. The Morgan fingerprint density at radius 1 is 0.903 bits per heavy atom. The Hall–Kier alpha value is -1.78. The van der Waals surface area contributed by atoms with E-state index in [0.29, 0.717) is 6.07 Å². The first-order valence-corrected chi connectivity index (χ1v) is 9.89. The van der Waals surface area contributed by atoms with Crippen LogP contribution in [-0.2, 0) is 10.9 Å². The second kappa shape index (κ2) is 10.2. The van der Waals surface area contributed by atoms with E-state index in [-0.39, 0.29) is 21.4 Å². The number of carbonyl (C=O) groups excluding carboxylic acids is 2. The van der Waals surface area contributed by atoms with Gasteiger partial charge >= 0.3 is 18.3 Å². The number of hydrogen-bond donors (Lipinski definition) is 3. The summed E-state index contributed by atoms with van der Waals surface area (Å²) in [7, 11) is 0. The topological polar surface area (TPSA) is 79.5 Å². The highest BCUT2D eigenvalue weighted by Gasteiger charge is 2.38. The second-order valence-corrected chi connectivity index (χ2v) is 8.94. The molecule has 0 saturated carbocycles. The van der Waals surface area contributed by atoms with Crippen molar-refractivity contribution in [2.75, 3.05) is 10.6 Å². The van der Waals surface area contributed by atoms with Gasteiger partial charge in [0.25, 0.3) is 0 Å². The highest BCUT2D eigenvalue weighted by molar-refractivity contribution is 6.68. The molecule has 6 nitrogen and oxygen atoms in total. The monoisotopic (exact) mass is 537 g/mol. The SMILES string of the molecule is O=C(Nc1cccc(C(F)(F)F)c1)N[C@@H](OC(=O)Nc1ccc(Cl)c(Cl)c1)C(Cl)(Cl)Cl. The van der Waals surface area contributed by atoms with E-state index in [4.69, 9.17) is 62.7 Å². The number of urea groups is 1. The van der Waals surface area contributed by atoms with E-state index in [0.717, 1.165) is 12.1 Å². The molecule has 2 aromatic rings. The summed E-state index contributed by atoms with van der Waals surface area (Å²) in [5.41, 5.74) is -0.994. The number of halogens is 8. The van der Waals surface area contributed by atoms with Gasteiger partial charge in [-0.15, -0.1) is 0 Å². The van der Waals surface area contributed by atoms with Gasteiger partial charge in [-0.05, 0) is 36.4 Å². The summed E-state index contributed by atoms with van der Waals surface area (Å²) < 4.78 is 40.9. The minimum Gasteiger partial charge on any atom is -0.421 e. The van der Waals surface area contributed by atoms with Crippen LogP contribution in [0.5, 0.6) is 0 Å². The van der Waals surface area contributed by atoms with Crippen LogP contribution in [0.3, 0.4) is 0 Å². The average Bonchev–Trinajstić information content (AvgIpc) is 2.63.